The van der Waals surface area contributed by atoms with E-state index in [0.717, 1.165) is 57.5 Å². The number of rotatable bonds is 5. The Kier molecular flexibility index (Phi) is 8.14. The van der Waals surface area contributed by atoms with Gasteiger partial charge in [0.1, 0.15) is 5.82 Å². The fourth-order valence-electron chi connectivity index (χ4n) is 2.94. The van der Waals surface area contributed by atoms with Crippen LogP contribution in [0.25, 0.3) is 0 Å². The molecule has 0 radical (unpaired) electrons. The molecule has 142 valence electrons. The molecule has 0 amide bonds. The van der Waals surface area contributed by atoms with Gasteiger partial charge in [-0.15, -0.1) is 24.0 Å². The fourth-order valence-corrected chi connectivity index (χ4v) is 2.94. The molecule has 0 bridgehead atoms. The number of nitrogens with zero attached hydrogens (tertiary/aromatic N) is 5. The molecule has 3 rings (SSSR count). The van der Waals surface area contributed by atoms with Crippen LogP contribution in [0, 0.1) is 5.82 Å². The number of guanidine groups is 1. The molecule has 26 heavy (non-hydrogen) atoms. The SMILES string of the molecule is CCNC(=NCCn1ccnc1)N1CCN(c2ccc(F)cc2)CC1.I. The molecule has 1 aliphatic rings. The predicted molar refractivity (Wildman–Crippen MR) is 114 cm³/mol. The van der Waals surface area contributed by atoms with Crippen LogP contribution in [0.3, 0.4) is 0 Å². The Bertz CT molecular complexity index is 665. The van der Waals surface area contributed by atoms with Gasteiger partial charge in [0.05, 0.1) is 12.9 Å². The minimum absolute atomic E-state index is 0. The average Bonchev–Trinajstić information content (AvgIpc) is 3.15. The first-order valence-corrected chi connectivity index (χ1v) is 8.76. The smallest absolute Gasteiger partial charge is 0.194 e. The van der Waals surface area contributed by atoms with E-state index in [1.165, 1.54) is 12.1 Å². The number of anilines is 1. The third kappa shape index (κ3) is 5.58. The first-order chi connectivity index (χ1) is 12.3. The molecular weight excluding hydrogens is 446 g/mol. The lowest BCUT2D eigenvalue weighted by Crippen LogP contribution is -2.52. The summed E-state index contributed by atoms with van der Waals surface area (Å²) in [6.45, 7) is 8.07. The number of nitrogens with one attached hydrogen (secondary N) is 1. The van der Waals surface area contributed by atoms with Crippen LogP contribution in [0.4, 0.5) is 10.1 Å². The quantitative estimate of drug-likeness (QED) is 0.413. The summed E-state index contributed by atoms with van der Waals surface area (Å²) in [6.07, 6.45) is 5.54. The molecule has 2 heterocycles. The number of hydrogen-bond acceptors (Lipinski definition) is 3. The number of aliphatic imine (C=N–C) groups is 1. The zero-order chi connectivity index (χ0) is 17.5. The van der Waals surface area contributed by atoms with E-state index in [2.05, 4.69) is 27.0 Å². The molecule has 2 aromatic rings. The van der Waals surface area contributed by atoms with Crippen LogP contribution in [0.15, 0.2) is 48.0 Å². The number of piperazine rings is 1. The van der Waals surface area contributed by atoms with Gasteiger partial charge in [-0.3, -0.25) is 4.99 Å². The Hall–Kier alpha value is -1.84. The summed E-state index contributed by atoms with van der Waals surface area (Å²) in [5.41, 5.74) is 1.07. The van der Waals surface area contributed by atoms with Crippen molar-refractivity contribution >= 4 is 35.6 Å². The first kappa shape index (κ1) is 20.5. The molecular formula is C18H26FIN6. The lowest BCUT2D eigenvalue weighted by Gasteiger charge is -2.37. The summed E-state index contributed by atoms with van der Waals surface area (Å²) in [5, 5.41) is 3.38. The van der Waals surface area contributed by atoms with E-state index in [4.69, 9.17) is 4.99 Å². The molecule has 1 fully saturated rings. The molecule has 1 aliphatic heterocycles. The molecule has 1 aromatic heterocycles. The lowest BCUT2D eigenvalue weighted by atomic mass is 10.2. The van der Waals surface area contributed by atoms with Crippen molar-refractivity contribution in [1.29, 1.82) is 0 Å². The third-order valence-electron chi connectivity index (χ3n) is 4.28. The fraction of sp³-hybridized carbons (Fsp3) is 0.444. The van der Waals surface area contributed by atoms with Gasteiger partial charge in [-0.25, -0.2) is 9.37 Å². The Morgan fingerprint density at radius 3 is 2.54 bits per heavy atom. The normalized spacial score (nSPS) is 14.9. The van der Waals surface area contributed by atoms with Crippen molar-refractivity contribution in [2.45, 2.75) is 13.5 Å². The van der Waals surface area contributed by atoms with Crippen molar-refractivity contribution in [3.63, 3.8) is 0 Å². The van der Waals surface area contributed by atoms with Crippen molar-refractivity contribution in [2.24, 2.45) is 4.99 Å². The Labute approximate surface area is 171 Å². The average molecular weight is 472 g/mol. The Balaban J connectivity index is 0.00000243. The second kappa shape index (κ2) is 10.3. The van der Waals surface area contributed by atoms with Gasteiger partial charge in [-0.1, -0.05) is 0 Å². The van der Waals surface area contributed by atoms with Crippen LogP contribution >= 0.6 is 24.0 Å². The maximum absolute atomic E-state index is 13.1. The highest BCUT2D eigenvalue weighted by atomic mass is 127. The molecule has 1 saturated heterocycles. The van der Waals surface area contributed by atoms with E-state index in [1.807, 2.05) is 29.2 Å². The molecule has 0 aliphatic carbocycles. The Morgan fingerprint density at radius 2 is 1.92 bits per heavy atom. The molecule has 8 heteroatoms. The van der Waals surface area contributed by atoms with Gasteiger partial charge in [-0.2, -0.15) is 0 Å². The van der Waals surface area contributed by atoms with E-state index in [1.54, 1.807) is 6.20 Å². The minimum Gasteiger partial charge on any atom is -0.368 e. The van der Waals surface area contributed by atoms with Gasteiger partial charge in [0, 0.05) is 57.3 Å². The number of imidazole rings is 1. The second-order valence-electron chi connectivity index (χ2n) is 5.99. The highest BCUT2D eigenvalue weighted by molar-refractivity contribution is 14.0. The predicted octanol–water partition coefficient (Wildman–Crippen LogP) is 2.43. The summed E-state index contributed by atoms with van der Waals surface area (Å²) in [7, 11) is 0. The number of halogens is 2. The maximum Gasteiger partial charge on any atom is 0.194 e. The minimum atomic E-state index is -0.193. The molecule has 1 N–H and O–H groups in total. The van der Waals surface area contributed by atoms with Crippen LogP contribution in [-0.2, 0) is 6.54 Å². The number of hydrogen-bond donors (Lipinski definition) is 1. The van der Waals surface area contributed by atoms with Gasteiger partial charge in [0.2, 0.25) is 0 Å². The largest absolute Gasteiger partial charge is 0.368 e. The molecule has 0 atom stereocenters. The van der Waals surface area contributed by atoms with Crippen LogP contribution in [0.5, 0.6) is 0 Å². The molecule has 0 unspecified atom stereocenters. The van der Waals surface area contributed by atoms with Gasteiger partial charge >= 0.3 is 0 Å². The van der Waals surface area contributed by atoms with Gasteiger partial charge in [0.15, 0.2) is 5.96 Å². The van der Waals surface area contributed by atoms with Gasteiger partial charge in [-0.05, 0) is 31.2 Å². The monoisotopic (exact) mass is 472 g/mol. The summed E-state index contributed by atoms with van der Waals surface area (Å²) in [5.74, 6) is 0.767. The van der Waals surface area contributed by atoms with Crippen molar-refractivity contribution in [3.05, 3.63) is 48.8 Å². The van der Waals surface area contributed by atoms with E-state index >= 15 is 0 Å². The van der Waals surface area contributed by atoms with Crippen LogP contribution < -0.4 is 10.2 Å². The molecule has 0 saturated carbocycles. The zero-order valence-corrected chi connectivity index (χ0v) is 17.3. The van der Waals surface area contributed by atoms with Crippen molar-refractivity contribution < 1.29 is 4.39 Å². The topological polar surface area (TPSA) is 48.7 Å². The van der Waals surface area contributed by atoms with E-state index in [-0.39, 0.29) is 29.8 Å². The van der Waals surface area contributed by atoms with Crippen molar-refractivity contribution in [2.75, 3.05) is 44.2 Å². The summed E-state index contributed by atoms with van der Waals surface area (Å²) >= 11 is 0. The second-order valence-corrected chi connectivity index (χ2v) is 5.99. The highest BCUT2D eigenvalue weighted by Crippen LogP contribution is 2.16. The standard InChI is InChI=1S/C18H25FN6.HI/c1-2-21-18(22-8-10-23-9-7-20-15-23)25-13-11-24(12-14-25)17-5-3-16(19)4-6-17;/h3-7,9,15H,2,8,10-14H2,1H3,(H,21,22);1H. The number of aromatic nitrogens is 2. The Morgan fingerprint density at radius 1 is 1.19 bits per heavy atom. The van der Waals surface area contributed by atoms with Gasteiger partial charge < -0.3 is 19.7 Å². The van der Waals surface area contributed by atoms with Crippen LogP contribution in [0.2, 0.25) is 0 Å². The summed E-state index contributed by atoms with van der Waals surface area (Å²) < 4.78 is 15.1. The summed E-state index contributed by atoms with van der Waals surface area (Å²) in [4.78, 5) is 13.4. The molecule has 1 aromatic carbocycles. The third-order valence-corrected chi connectivity index (χ3v) is 4.28. The van der Waals surface area contributed by atoms with Crippen molar-refractivity contribution in [1.82, 2.24) is 19.8 Å². The maximum atomic E-state index is 13.1. The zero-order valence-electron chi connectivity index (χ0n) is 15.0. The van der Waals surface area contributed by atoms with E-state index < -0.39 is 0 Å². The van der Waals surface area contributed by atoms with Gasteiger partial charge in [0.25, 0.3) is 0 Å². The first-order valence-electron chi connectivity index (χ1n) is 8.76. The van der Waals surface area contributed by atoms with Crippen LogP contribution in [-0.4, -0.2) is 59.7 Å². The summed E-state index contributed by atoms with van der Waals surface area (Å²) in [6, 6.07) is 6.72. The van der Waals surface area contributed by atoms with E-state index in [9.17, 15) is 4.39 Å². The number of benzene rings is 1. The van der Waals surface area contributed by atoms with Crippen LogP contribution in [0.1, 0.15) is 6.92 Å². The van der Waals surface area contributed by atoms with E-state index in [0.29, 0.717) is 0 Å². The molecule has 6 nitrogen and oxygen atoms in total. The van der Waals surface area contributed by atoms with Crippen molar-refractivity contribution in [3.8, 4) is 0 Å². The highest BCUT2D eigenvalue weighted by Gasteiger charge is 2.19. The molecule has 0 spiro atoms. The lowest BCUT2D eigenvalue weighted by molar-refractivity contribution is 0.372.